The Kier molecular flexibility index (Phi) is 10.8. The van der Waals surface area contributed by atoms with E-state index in [0.717, 1.165) is 16.9 Å². The molecule has 0 saturated carbocycles. The number of methoxy groups -OCH3 is 3. The zero-order valence-electron chi connectivity index (χ0n) is 22.2. The molecule has 2 atom stereocenters. The van der Waals surface area contributed by atoms with Crippen molar-refractivity contribution in [2.45, 2.75) is 38.7 Å². The van der Waals surface area contributed by atoms with Gasteiger partial charge in [-0.15, -0.1) is 0 Å². The zero-order chi connectivity index (χ0) is 28.4. The summed E-state index contributed by atoms with van der Waals surface area (Å²) in [4.78, 5) is 25.3. The summed E-state index contributed by atoms with van der Waals surface area (Å²) in [5.74, 6) is 0.605. The molecule has 0 spiro atoms. The number of amides is 1. The van der Waals surface area contributed by atoms with E-state index in [9.17, 15) is 14.7 Å². The number of aliphatic hydroxyl groups excluding tert-OH is 1. The summed E-state index contributed by atoms with van der Waals surface area (Å²) in [5, 5.41) is 12.3. The summed E-state index contributed by atoms with van der Waals surface area (Å²) < 4.78 is 27.2. The maximum Gasteiger partial charge on any atom is 0.328 e. The van der Waals surface area contributed by atoms with Crippen molar-refractivity contribution in [1.29, 1.82) is 0 Å². The average Bonchev–Trinajstić information content (AvgIpc) is 2.95. The Morgan fingerprint density at radius 1 is 0.846 bits per heavy atom. The second-order valence-corrected chi connectivity index (χ2v) is 9.04. The van der Waals surface area contributed by atoms with E-state index in [1.165, 1.54) is 20.1 Å². The fourth-order valence-corrected chi connectivity index (χ4v) is 3.95. The van der Waals surface area contributed by atoms with Gasteiger partial charge in [0.15, 0.2) is 11.5 Å². The minimum atomic E-state index is -1.06. The van der Waals surface area contributed by atoms with Gasteiger partial charge in [0.2, 0.25) is 0 Å². The smallest absolute Gasteiger partial charge is 0.328 e. The number of hydrogen-bond donors (Lipinski definition) is 2. The Morgan fingerprint density at radius 2 is 1.38 bits per heavy atom. The van der Waals surface area contributed by atoms with Crippen LogP contribution in [-0.2, 0) is 22.7 Å². The number of carbonyl (C=O) groups is 2. The Hall–Kier alpha value is -3.95. The number of rotatable bonds is 13. The third-order valence-electron chi connectivity index (χ3n) is 5.77. The monoisotopic (exact) mass is 557 g/mol. The van der Waals surface area contributed by atoms with Crippen LogP contribution in [0.4, 0.5) is 0 Å². The maximum atomic E-state index is 13.1. The fraction of sp³-hybridized carbons (Fsp3) is 0.310. The van der Waals surface area contributed by atoms with Gasteiger partial charge in [-0.25, -0.2) is 4.79 Å². The molecule has 3 aromatic carbocycles. The van der Waals surface area contributed by atoms with E-state index in [1.54, 1.807) is 32.4 Å². The molecule has 3 aromatic rings. The molecule has 0 aliphatic rings. The molecular formula is C29H32ClNO8. The summed E-state index contributed by atoms with van der Waals surface area (Å²) >= 11 is 6.68. The Morgan fingerprint density at radius 3 is 1.87 bits per heavy atom. The summed E-state index contributed by atoms with van der Waals surface area (Å²) in [6.45, 7) is 1.86. The predicted octanol–water partition coefficient (Wildman–Crippen LogP) is 4.56. The fourth-order valence-electron chi connectivity index (χ4n) is 3.66. The molecule has 208 valence electrons. The van der Waals surface area contributed by atoms with Gasteiger partial charge in [-0.05, 0) is 54.4 Å². The molecule has 2 N–H and O–H groups in total. The highest BCUT2D eigenvalue weighted by Crippen LogP contribution is 2.39. The number of hydrogen-bond acceptors (Lipinski definition) is 8. The SMILES string of the molecule is COC(=O)[C@H](C[C@H](C)O)NC(=O)c1ccc(OCc2ccc(OC)cc2)c(OCc2ccc(OC)cc2)c1Cl. The highest BCUT2D eigenvalue weighted by molar-refractivity contribution is 6.35. The van der Waals surface area contributed by atoms with Crippen LogP contribution in [0.1, 0.15) is 34.8 Å². The maximum absolute atomic E-state index is 13.1. The normalized spacial score (nSPS) is 12.2. The van der Waals surface area contributed by atoms with Crippen LogP contribution in [0.3, 0.4) is 0 Å². The summed E-state index contributed by atoms with van der Waals surface area (Å²) in [6, 6.07) is 16.7. The Labute approximate surface area is 232 Å². The summed E-state index contributed by atoms with van der Waals surface area (Å²) in [7, 11) is 4.38. The molecule has 0 fully saturated rings. The van der Waals surface area contributed by atoms with Crippen molar-refractivity contribution in [3.05, 3.63) is 82.4 Å². The standard InChI is InChI=1S/C29H32ClNO8/c1-18(32)15-24(29(34)37-4)31-28(33)23-13-14-25(38-16-19-5-9-21(35-2)10-6-19)27(26(23)30)39-17-20-7-11-22(36-3)12-8-20/h5-14,18,24,32H,15-17H2,1-4H3,(H,31,33)/t18-,24-/m0/s1. The molecule has 0 saturated heterocycles. The van der Waals surface area contributed by atoms with E-state index in [4.69, 9.17) is 35.3 Å². The zero-order valence-corrected chi connectivity index (χ0v) is 23.0. The molecule has 0 unspecified atom stereocenters. The number of aliphatic hydroxyl groups is 1. The molecule has 0 bridgehead atoms. The first kappa shape index (κ1) is 29.6. The summed E-state index contributed by atoms with van der Waals surface area (Å²) in [5.41, 5.74) is 1.79. The molecule has 39 heavy (non-hydrogen) atoms. The lowest BCUT2D eigenvalue weighted by Gasteiger charge is -2.20. The topological polar surface area (TPSA) is 113 Å². The van der Waals surface area contributed by atoms with Crippen molar-refractivity contribution >= 4 is 23.5 Å². The Bertz CT molecular complexity index is 1250. The lowest BCUT2D eigenvalue weighted by molar-refractivity contribution is -0.143. The van der Waals surface area contributed by atoms with E-state index in [1.807, 2.05) is 36.4 Å². The van der Waals surface area contributed by atoms with Crippen molar-refractivity contribution in [3.8, 4) is 23.0 Å². The van der Waals surface area contributed by atoms with Gasteiger partial charge in [0, 0.05) is 6.42 Å². The average molecular weight is 558 g/mol. The molecule has 9 nitrogen and oxygen atoms in total. The predicted molar refractivity (Wildman–Crippen MR) is 146 cm³/mol. The van der Waals surface area contributed by atoms with Gasteiger partial charge in [-0.1, -0.05) is 35.9 Å². The van der Waals surface area contributed by atoms with Gasteiger partial charge in [0.1, 0.15) is 30.8 Å². The van der Waals surface area contributed by atoms with Gasteiger partial charge in [-0.3, -0.25) is 4.79 Å². The van der Waals surface area contributed by atoms with Crippen molar-refractivity contribution in [2.75, 3.05) is 21.3 Å². The lowest BCUT2D eigenvalue weighted by Crippen LogP contribution is -2.43. The largest absolute Gasteiger partial charge is 0.497 e. The third-order valence-corrected chi connectivity index (χ3v) is 6.14. The third kappa shape index (κ3) is 8.27. The minimum Gasteiger partial charge on any atom is -0.497 e. The molecule has 0 aromatic heterocycles. The van der Waals surface area contributed by atoms with Crippen LogP contribution in [0.2, 0.25) is 5.02 Å². The first-order valence-electron chi connectivity index (χ1n) is 12.2. The minimum absolute atomic E-state index is 0.00825. The van der Waals surface area contributed by atoms with E-state index in [-0.39, 0.29) is 36.0 Å². The second kappa shape index (κ2) is 14.3. The van der Waals surface area contributed by atoms with Gasteiger partial charge in [-0.2, -0.15) is 0 Å². The highest BCUT2D eigenvalue weighted by Gasteiger charge is 2.26. The molecule has 1 amide bonds. The first-order valence-corrected chi connectivity index (χ1v) is 12.5. The molecule has 3 rings (SSSR count). The molecule has 0 heterocycles. The number of benzene rings is 3. The highest BCUT2D eigenvalue weighted by atomic mass is 35.5. The van der Waals surface area contributed by atoms with Crippen LogP contribution in [0.5, 0.6) is 23.0 Å². The molecular weight excluding hydrogens is 526 g/mol. The van der Waals surface area contributed by atoms with Crippen molar-refractivity contribution in [2.24, 2.45) is 0 Å². The number of nitrogens with one attached hydrogen (secondary N) is 1. The van der Waals surface area contributed by atoms with Crippen LogP contribution in [0.15, 0.2) is 60.7 Å². The number of esters is 1. The van der Waals surface area contributed by atoms with Gasteiger partial charge in [0.25, 0.3) is 5.91 Å². The van der Waals surface area contributed by atoms with Crippen LogP contribution in [-0.4, -0.2) is 50.5 Å². The summed E-state index contributed by atoms with van der Waals surface area (Å²) in [6.07, 6.45) is -0.873. The number of carbonyl (C=O) groups excluding carboxylic acids is 2. The lowest BCUT2D eigenvalue weighted by atomic mass is 10.1. The molecule has 0 radical (unpaired) electrons. The number of halogens is 1. The van der Waals surface area contributed by atoms with Gasteiger partial charge in [0.05, 0.1) is 38.0 Å². The molecule has 0 aliphatic heterocycles. The van der Waals surface area contributed by atoms with E-state index >= 15 is 0 Å². The van der Waals surface area contributed by atoms with Crippen LogP contribution in [0.25, 0.3) is 0 Å². The first-order chi connectivity index (χ1) is 18.7. The Balaban J connectivity index is 1.87. The van der Waals surface area contributed by atoms with Crippen LogP contribution >= 0.6 is 11.6 Å². The van der Waals surface area contributed by atoms with Crippen molar-refractivity contribution in [1.82, 2.24) is 5.32 Å². The van der Waals surface area contributed by atoms with Crippen LogP contribution in [0, 0.1) is 0 Å². The van der Waals surface area contributed by atoms with Crippen molar-refractivity contribution < 1.29 is 38.4 Å². The van der Waals surface area contributed by atoms with E-state index in [0.29, 0.717) is 11.5 Å². The number of ether oxygens (including phenoxy) is 5. The molecule has 10 heteroatoms. The molecule has 0 aliphatic carbocycles. The van der Waals surface area contributed by atoms with E-state index in [2.05, 4.69) is 5.32 Å². The van der Waals surface area contributed by atoms with Gasteiger partial charge >= 0.3 is 5.97 Å². The van der Waals surface area contributed by atoms with Crippen LogP contribution < -0.4 is 24.3 Å². The van der Waals surface area contributed by atoms with Gasteiger partial charge < -0.3 is 34.1 Å². The quantitative estimate of drug-likeness (QED) is 0.294. The van der Waals surface area contributed by atoms with E-state index < -0.39 is 24.0 Å². The second-order valence-electron chi connectivity index (χ2n) is 8.66. The van der Waals surface area contributed by atoms with Crippen molar-refractivity contribution in [3.63, 3.8) is 0 Å².